The second-order valence-electron chi connectivity index (χ2n) is 5.33. The summed E-state index contributed by atoms with van der Waals surface area (Å²) in [6, 6.07) is 9.32. The smallest absolute Gasteiger partial charge is 0.0566 e. The highest BCUT2D eigenvalue weighted by Crippen LogP contribution is 2.22. The van der Waals surface area contributed by atoms with Crippen LogP contribution in [0, 0.1) is 0 Å². The van der Waals surface area contributed by atoms with E-state index in [1.54, 1.807) is 0 Å². The van der Waals surface area contributed by atoms with E-state index in [1.165, 1.54) is 11.3 Å². The zero-order valence-electron chi connectivity index (χ0n) is 11.1. The standard InChI is InChI=1S/C15H23NO/c1-11(2)13-5-4-6-14(10-13)16-15-7-8-17-12(3)9-15/h4-6,10-12,15-16H,7-9H2,1-3H3/t12-,15?/m1/s1. The maximum absolute atomic E-state index is 5.57. The Hall–Kier alpha value is -1.02. The molecule has 1 aliphatic heterocycles. The molecule has 0 spiro atoms. The van der Waals surface area contributed by atoms with Gasteiger partial charge in [0.05, 0.1) is 6.10 Å². The Labute approximate surface area is 104 Å². The molecule has 1 aromatic rings. The highest BCUT2D eigenvalue weighted by atomic mass is 16.5. The molecule has 0 aromatic heterocycles. The van der Waals surface area contributed by atoms with Gasteiger partial charge < -0.3 is 10.1 Å². The number of benzene rings is 1. The maximum atomic E-state index is 5.57. The molecule has 0 amide bonds. The lowest BCUT2D eigenvalue weighted by molar-refractivity contribution is 0.0232. The lowest BCUT2D eigenvalue weighted by Crippen LogP contribution is -2.32. The molecule has 1 aliphatic rings. The van der Waals surface area contributed by atoms with Crippen LogP contribution < -0.4 is 5.32 Å². The molecule has 1 N–H and O–H groups in total. The summed E-state index contributed by atoms with van der Waals surface area (Å²) in [7, 11) is 0. The van der Waals surface area contributed by atoms with Crippen LogP contribution in [-0.2, 0) is 4.74 Å². The minimum absolute atomic E-state index is 0.384. The zero-order chi connectivity index (χ0) is 12.3. The van der Waals surface area contributed by atoms with E-state index >= 15 is 0 Å². The number of anilines is 1. The van der Waals surface area contributed by atoms with Gasteiger partial charge in [-0.15, -0.1) is 0 Å². The highest BCUT2D eigenvalue weighted by molar-refractivity contribution is 5.47. The van der Waals surface area contributed by atoms with E-state index in [-0.39, 0.29) is 0 Å². The fourth-order valence-corrected chi connectivity index (χ4v) is 2.35. The first-order valence-electron chi connectivity index (χ1n) is 6.63. The lowest BCUT2D eigenvalue weighted by Gasteiger charge is -2.29. The van der Waals surface area contributed by atoms with Crippen molar-refractivity contribution < 1.29 is 4.74 Å². The van der Waals surface area contributed by atoms with Crippen molar-refractivity contribution in [3.8, 4) is 0 Å². The summed E-state index contributed by atoms with van der Waals surface area (Å²) in [5, 5.41) is 3.63. The molecule has 94 valence electrons. The van der Waals surface area contributed by atoms with Crippen molar-refractivity contribution >= 4 is 5.69 Å². The van der Waals surface area contributed by atoms with Crippen molar-refractivity contribution in [2.45, 2.75) is 51.7 Å². The maximum Gasteiger partial charge on any atom is 0.0566 e. The van der Waals surface area contributed by atoms with Crippen molar-refractivity contribution in [1.29, 1.82) is 0 Å². The van der Waals surface area contributed by atoms with Crippen LogP contribution in [0.1, 0.15) is 45.1 Å². The summed E-state index contributed by atoms with van der Waals surface area (Å²) in [4.78, 5) is 0. The number of hydrogen-bond donors (Lipinski definition) is 1. The Balaban J connectivity index is 2.00. The molecule has 2 atom stereocenters. The van der Waals surface area contributed by atoms with Crippen molar-refractivity contribution in [3.63, 3.8) is 0 Å². The second kappa shape index (κ2) is 5.54. The van der Waals surface area contributed by atoms with Gasteiger partial charge in [-0.1, -0.05) is 26.0 Å². The fourth-order valence-electron chi connectivity index (χ4n) is 2.35. The summed E-state index contributed by atoms with van der Waals surface area (Å²) in [6.07, 6.45) is 2.59. The summed E-state index contributed by atoms with van der Waals surface area (Å²) in [5.74, 6) is 0.588. The van der Waals surface area contributed by atoms with Crippen LogP contribution in [0.2, 0.25) is 0 Å². The molecule has 0 aliphatic carbocycles. The van der Waals surface area contributed by atoms with E-state index in [0.717, 1.165) is 19.4 Å². The van der Waals surface area contributed by atoms with Gasteiger partial charge in [0.25, 0.3) is 0 Å². The molecular weight excluding hydrogens is 210 g/mol. The van der Waals surface area contributed by atoms with E-state index in [4.69, 9.17) is 4.74 Å². The molecule has 2 rings (SSSR count). The molecule has 1 unspecified atom stereocenters. The topological polar surface area (TPSA) is 21.3 Å². The Kier molecular flexibility index (Phi) is 4.06. The van der Waals surface area contributed by atoms with Gasteiger partial charge >= 0.3 is 0 Å². The minimum Gasteiger partial charge on any atom is -0.382 e. The van der Waals surface area contributed by atoms with Crippen LogP contribution in [0.25, 0.3) is 0 Å². The SMILES string of the molecule is CC(C)c1cccc(NC2CCO[C@H](C)C2)c1. The molecular formula is C15H23NO. The zero-order valence-corrected chi connectivity index (χ0v) is 11.1. The Morgan fingerprint density at radius 3 is 2.88 bits per heavy atom. The fraction of sp³-hybridized carbons (Fsp3) is 0.600. The quantitative estimate of drug-likeness (QED) is 0.857. The van der Waals surface area contributed by atoms with E-state index in [0.29, 0.717) is 18.1 Å². The van der Waals surface area contributed by atoms with Gasteiger partial charge in [-0.2, -0.15) is 0 Å². The van der Waals surface area contributed by atoms with Gasteiger partial charge in [0.15, 0.2) is 0 Å². The van der Waals surface area contributed by atoms with Gasteiger partial charge in [-0.3, -0.25) is 0 Å². The molecule has 2 heteroatoms. The van der Waals surface area contributed by atoms with E-state index in [1.807, 2.05) is 0 Å². The Bertz CT molecular complexity index is 362. The van der Waals surface area contributed by atoms with Crippen LogP contribution in [0.5, 0.6) is 0 Å². The predicted molar refractivity (Wildman–Crippen MR) is 72.6 cm³/mol. The van der Waals surface area contributed by atoms with Crippen LogP contribution in [0.4, 0.5) is 5.69 Å². The van der Waals surface area contributed by atoms with Crippen LogP contribution >= 0.6 is 0 Å². The third kappa shape index (κ3) is 3.47. The van der Waals surface area contributed by atoms with Gasteiger partial charge in [0.2, 0.25) is 0 Å². The highest BCUT2D eigenvalue weighted by Gasteiger charge is 2.18. The molecule has 1 aromatic carbocycles. The lowest BCUT2D eigenvalue weighted by atomic mass is 10.0. The van der Waals surface area contributed by atoms with Gasteiger partial charge in [0, 0.05) is 18.3 Å². The first kappa shape index (κ1) is 12.4. The number of nitrogens with one attached hydrogen (secondary N) is 1. The normalized spacial score (nSPS) is 24.9. The Morgan fingerprint density at radius 1 is 1.35 bits per heavy atom. The molecule has 1 heterocycles. The van der Waals surface area contributed by atoms with Crippen LogP contribution in [-0.4, -0.2) is 18.8 Å². The van der Waals surface area contributed by atoms with E-state index in [2.05, 4.69) is 50.4 Å². The largest absolute Gasteiger partial charge is 0.382 e. The van der Waals surface area contributed by atoms with Crippen molar-refractivity contribution in [2.24, 2.45) is 0 Å². The van der Waals surface area contributed by atoms with Crippen molar-refractivity contribution in [2.75, 3.05) is 11.9 Å². The van der Waals surface area contributed by atoms with E-state index in [9.17, 15) is 0 Å². The molecule has 1 fully saturated rings. The molecule has 0 radical (unpaired) electrons. The summed E-state index contributed by atoms with van der Waals surface area (Å²) >= 11 is 0. The molecule has 1 saturated heterocycles. The van der Waals surface area contributed by atoms with Crippen molar-refractivity contribution in [1.82, 2.24) is 0 Å². The monoisotopic (exact) mass is 233 g/mol. The van der Waals surface area contributed by atoms with Gasteiger partial charge in [-0.25, -0.2) is 0 Å². The first-order valence-corrected chi connectivity index (χ1v) is 6.63. The van der Waals surface area contributed by atoms with Crippen molar-refractivity contribution in [3.05, 3.63) is 29.8 Å². The third-order valence-electron chi connectivity index (χ3n) is 3.41. The van der Waals surface area contributed by atoms with Gasteiger partial charge in [0.1, 0.15) is 0 Å². The van der Waals surface area contributed by atoms with Crippen LogP contribution in [0.15, 0.2) is 24.3 Å². The minimum atomic E-state index is 0.384. The average Bonchev–Trinajstić information content (AvgIpc) is 2.29. The number of ether oxygens (including phenoxy) is 1. The summed E-state index contributed by atoms with van der Waals surface area (Å²) in [5.41, 5.74) is 2.64. The summed E-state index contributed by atoms with van der Waals surface area (Å²) < 4.78 is 5.57. The Morgan fingerprint density at radius 2 is 2.18 bits per heavy atom. The second-order valence-corrected chi connectivity index (χ2v) is 5.33. The van der Waals surface area contributed by atoms with Crippen LogP contribution in [0.3, 0.4) is 0 Å². The third-order valence-corrected chi connectivity index (χ3v) is 3.41. The molecule has 2 nitrogen and oxygen atoms in total. The molecule has 0 saturated carbocycles. The van der Waals surface area contributed by atoms with Gasteiger partial charge in [-0.05, 0) is 43.4 Å². The first-order chi connectivity index (χ1) is 8.15. The average molecular weight is 233 g/mol. The van der Waals surface area contributed by atoms with E-state index < -0.39 is 0 Å². The predicted octanol–water partition coefficient (Wildman–Crippen LogP) is 3.79. The molecule has 0 bridgehead atoms. The number of rotatable bonds is 3. The summed E-state index contributed by atoms with van der Waals surface area (Å²) in [6.45, 7) is 7.49. The number of hydrogen-bond acceptors (Lipinski definition) is 2. The molecule has 17 heavy (non-hydrogen) atoms.